The van der Waals surface area contributed by atoms with Crippen LogP contribution in [0.5, 0.6) is 0 Å². The highest BCUT2D eigenvalue weighted by Gasteiger charge is 2.22. The van der Waals surface area contributed by atoms with Crippen LogP contribution in [0.4, 0.5) is 0 Å². The topological polar surface area (TPSA) is 55.2 Å². The molecule has 1 saturated heterocycles. The third-order valence-corrected chi connectivity index (χ3v) is 6.80. The maximum Gasteiger partial charge on any atom is 0.263 e. The van der Waals surface area contributed by atoms with E-state index in [-0.39, 0.29) is 18.0 Å². The predicted molar refractivity (Wildman–Crippen MR) is 107 cm³/mol. The molecule has 0 spiro atoms. The van der Waals surface area contributed by atoms with E-state index >= 15 is 0 Å². The van der Waals surface area contributed by atoms with Gasteiger partial charge in [-0.3, -0.25) is 14.2 Å². The fraction of sp³-hybridized carbons (Fsp3) is 0.421. The molecule has 1 fully saturated rings. The summed E-state index contributed by atoms with van der Waals surface area (Å²) in [6.07, 6.45) is 3.71. The number of rotatable bonds is 3. The molecule has 0 bridgehead atoms. The molecule has 1 amide bonds. The highest BCUT2D eigenvalue weighted by molar-refractivity contribution is 7.19. The van der Waals surface area contributed by atoms with Gasteiger partial charge in [0.2, 0.25) is 5.91 Å². The summed E-state index contributed by atoms with van der Waals surface area (Å²) in [4.78, 5) is 35.0. The summed E-state index contributed by atoms with van der Waals surface area (Å²) >= 11 is 3.14. The molecule has 1 atom stereocenters. The van der Waals surface area contributed by atoms with Crippen LogP contribution in [0.15, 0.2) is 28.6 Å². The van der Waals surface area contributed by atoms with Gasteiger partial charge in [0.15, 0.2) is 0 Å². The van der Waals surface area contributed by atoms with Crippen molar-refractivity contribution in [2.45, 2.75) is 33.2 Å². The van der Waals surface area contributed by atoms with Crippen molar-refractivity contribution in [3.8, 4) is 10.4 Å². The molecule has 4 heterocycles. The van der Waals surface area contributed by atoms with Crippen LogP contribution < -0.4 is 5.56 Å². The van der Waals surface area contributed by atoms with E-state index in [1.165, 1.54) is 27.1 Å². The van der Waals surface area contributed by atoms with Crippen LogP contribution >= 0.6 is 22.7 Å². The second-order valence-corrected chi connectivity index (χ2v) is 9.15. The molecule has 0 radical (unpaired) electrons. The first-order chi connectivity index (χ1) is 12.5. The van der Waals surface area contributed by atoms with Crippen molar-refractivity contribution in [2.24, 2.45) is 5.92 Å². The summed E-state index contributed by atoms with van der Waals surface area (Å²) in [6.45, 7) is 5.85. The lowest BCUT2D eigenvalue weighted by molar-refractivity contribution is -0.133. The molecule has 0 aliphatic carbocycles. The maximum absolute atomic E-state index is 13.0. The number of hydrogen-bond acceptors (Lipinski definition) is 5. The molecule has 1 unspecified atom stereocenters. The first-order valence-electron chi connectivity index (χ1n) is 8.84. The molecule has 0 N–H and O–H groups in total. The molecule has 1 aliphatic rings. The molecule has 3 aromatic heterocycles. The number of piperidine rings is 1. The summed E-state index contributed by atoms with van der Waals surface area (Å²) in [7, 11) is 0. The fourth-order valence-electron chi connectivity index (χ4n) is 3.50. The molecule has 1 aliphatic heterocycles. The Hall–Kier alpha value is -1.99. The van der Waals surface area contributed by atoms with Crippen molar-refractivity contribution in [3.05, 3.63) is 39.1 Å². The van der Waals surface area contributed by atoms with E-state index in [2.05, 4.69) is 24.9 Å². The summed E-state index contributed by atoms with van der Waals surface area (Å²) in [5.41, 5.74) is 0.796. The Morgan fingerprint density at radius 2 is 2.23 bits per heavy atom. The van der Waals surface area contributed by atoms with Crippen molar-refractivity contribution < 1.29 is 4.79 Å². The van der Waals surface area contributed by atoms with Crippen LogP contribution in [0.25, 0.3) is 20.7 Å². The molecular weight excluding hydrogens is 366 g/mol. The van der Waals surface area contributed by atoms with Crippen molar-refractivity contribution in [1.29, 1.82) is 0 Å². The van der Waals surface area contributed by atoms with Gasteiger partial charge in [-0.15, -0.1) is 22.7 Å². The number of carbonyl (C=O) groups excluding carboxylic acids is 1. The normalized spacial score (nSPS) is 17.8. The Morgan fingerprint density at radius 3 is 2.96 bits per heavy atom. The minimum Gasteiger partial charge on any atom is -0.341 e. The van der Waals surface area contributed by atoms with Gasteiger partial charge in [0.05, 0.1) is 11.7 Å². The van der Waals surface area contributed by atoms with Gasteiger partial charge in [-0.2, -0.15) is 0 Å². The van der Waals surface area contributed by atoms with Crippen molar-refractivity contribution in [3.63, 3.8) is 0 Å². The Morgan fingerprint density at radius 1 is 1.38 bits per heavy atom. The second kappa shape index (κ2) is 6.96. The zero-order chi connectivity index (χ0) is 18.3. The molecule has 0 saturated carbocycles. The van der Waals surface area contributed by atoms with Crippen molar-refractivity contribution in [1.82, 2.24) is 14.5 Å². The predicted octanol–water partition coefficient (Wildman–Crippen LogP) is 3.75. The Kier molecular flexibility index (Phi) is 4.67. The van der Waals surface area contributed by atoms with Crippen LogP contribution in [-0.2, 0) is 11.3 Å². The number of carbonyl (C=O) groups is 1. The van der Waals surface area contributed by atoms with Crippen molar-refractivity contribution >= 4 is 38.8 Å². The maximum atomic E-state index is 13.0. The van der Waals surface area contributed by atoms with Gasteiger partial charge in [0.25, 0.3) is 5.56 Å². The number of likely N-dealkylation sites (tertiary alicyclic amines) is 1. The first-order valence-corrected chi connectivity index (χ1v) is 10.5. The van der Waals surface area contributed by atoms with Crippen LogP contribution in [-0.4, -0.2) is 33.4 Å². The summed E-state index contributed by atoms with van der Waals surface area (Å²) < 4.78 is 1.46. The van der Waals surface area contributed by atoms with Gasteiger partial charge >= 0.3 is 0 Å². The zero-order valence-electron chi connectivity index (χ0n) is 14.9. The molecule has 136 valence electrons. The number of hydrogen-bond donors (Lipinski definition) is 0. The Labute approximate surface area is 159 Å². The van der Waals surface area contributed by atoms with E-state index in [9.17, 15) is 9.59 Å². The second-order valence-electron chi connectivity index (χ2n) is 7.00. The Balaban J connectivity index is 1.67. The minimum atomic E-state index is -0.129. The quantitative estimate of drug-likeness (QED) is 0.688. The van der Waals surface area contributed by atoms with Gasteiger partial charge in [-0.1, -0.05) is 6.92 Å². The smallest absolute Gasteiger partial charge is 0.263 e. The zero-order valence-corrected chi connectivity index (χ0v) is 16.5. The van der Waals surface area contributed by atoms with Crippen LogP contribution in [0, 0.1) is 12.8 Å². The van der Waals surface area contributed by atoms with Gasteiger partial charge in [0, 0.05) is 33.8 Å². The lowest BCUT2D eigenvalue weighted by Crippen LogP contribution is -2.42. The molecule has 5 nitrogen and oxygen atoms in total. The number of thiophene rings is 2. The molecule has 0 aromatic carbocycles. The lowest BCUT2D eigenvalue weighted by atomic mass is 10.0. The van der Waals surface area contributed by atoms with E-state index in [4.69, 9.17) is 0 Å². The summed E-state index contributed by atoms with van der Waals surface area (Å²) in [5.74, 6) is 0.527. The number of aryl methyl sites for hydroxylation is 1. The van der Waals surface area contributed by atoms with E-state index in [1.54, 1.807) is 11.3 Å². The fourth-order valence-corrected chi connectivity index (χ4v) is 5.36. The molecule has 7 heteroatoms. The third-order valence-electron chi connectivity index (χ3n) is 4.88. The van der Waals surface area contributed by atoms with Crippen LogP contribution in [0.2, 0.25) is 0 Å². The first kappa shape index (κ1) is 17.4. The average Bonchev–Trinajstić information content (AvgIpc) is 3.23. The molecule has 26 heavy (non-hydrogen) atoms. The number of fused-ring (bicyclic) bond motifs is 1. The minimum absolute atomic E-state index is 0.00328. The molecule has 4 rings (SSSR count). The highest BCUT2D eigenvalue weighted by Crippen LogP contribution is 2.34. The van der Waals surface area contributed by atoms with Gasteiger partial charge in [-0.05, 0) is 37.8 Å². The van der Waals surface area contributed by atoms with Gasteiger partial charge in [-0.25, -0.2) is 4.98 Å². The SMILES string of the molecule is Cc1ccc(-c2csc3ncn(CC(=O)N4CCCC(C)C4)c(=O)c23)s1. The molecule has 3 aromatic rings. The van der Waals surface area contributed by atoms with E-state index in [1.807, 2.05) is 16.3 Å². The van der Waals surface area contributed by atoms with Crippen molar-refractivity contribution in [2.75, 3.05) is 13.1 Å². The molecular formula is C19H21N3O2S2. The highest BCUT2D eigenvalue weighted by atomic mass is 32.1. The number of nitrogens with zero attached hydrogens (tertiary/aromatic N) is 3. The van der Waals surface area contributed by atoms with E-state index in [0.29, 0.717) is 11.3 Å². The van der Waals surface area contributed by atoms with Crippen LogP contribution in [0.3, 0.4) is 0 Å². The lowest BCUT2D eigenvalue weighted by Gasteiger charge is -2.31. The number of amides is 1. The summed E-state index contributed by atoms with van der Waals surface area (Å²) in [5, 5.41) is 2.61. The largest absolute Gasteiger partial charge is 0.341 e. The average molecular weight is 388 g/mol. The summed E-state index contributed by atoms with van der Waals surface area (Å²) in [6, 6.07) is 4.10. The van der Waals surface area contributed by atoms with E-state index in [0.717, 1.165) is 41.2 Å². The van der Waals surface area contributed by atoms with Gasteiger partial charge in [0.1, 0.15) is 11.4 Å². The number of aromatic nitrogens is 2. The van der Waals surface area contributed by atoms with Gasteiger partial charge < -0.3 is 4.90 Å². The Bertz CT molecular complexity index is 1020. The van der Waals surface area contributed by atoms with Crippen LogP contribution in [0.1, 0.15) is 24.6 Å². The standard InChI is InChI=1S/C19H21N3O2S2/c1-12-4-3-7-21(8-12)16(23)9-22-11-20-18-17(19(22)24)14(10-25-18)15-6-5-13(2)26-15/h5-6,10-12H,3-4,7-9H2,1-2H3. The third kappa shape index (κ3) is 3.21. The van der Waals surface area contributed by atoms with E-state index < -0.39 is 0 Å². The monoisotopic (exact) mass is 387 g/mol.